The third-order valence-corrected chi connectivity index (χ3v) is 7.04. The molecule has 36 heavy (non-hydrogen) atoms. The summed E-state index contributed by atoms with van der Waals surface area (Å²) in [5.74, 6) is -5.27. The van der Waals surface area contributed by atoms with Crippen LogP contribution in [0.15, 0.2) is 30.0 Å². The van der Waals surface area contributed by atoms with E-state index in [2.05, 4.69) is 0 Å². The Morgan fingerprint density at radius 2 is 1.81 bits per heavy atom. The number of esters is 1. The van der Waals surface area contributed by atoms with E-state index >= 15 is 0 Å². The maximum absolute atomic E-state index is 12.7. The minimum absolute atomic E-state index is 0.0766. The fourth-order valence-corrected chi connectivity index (χ4v) is 5.02. The lowest BCUT2D eigenvalue weighted by molar-refractivity contribution is -0.342. The minimum atomic E-state index is -1.70. The first-order valence-electron chi connectivity index (χ1n) is 11.3. The molecule has 1 aromatic rings. The maximum atomic E-state index is 12.7. The molecule has 1 aliphatic carbocycles. The van der Waals surface area contributed by atoms with E-state index in [1.807, 2.05) is 0 Å². The van der Waals surface area contributed by atoms with Crippen LogP contribution in [0.2, 0.25) is 0 Å². The summed E-state index contributed by atoms with van der Waals surface area (Å²) in [7, 11) is 0. The first-order chi connectivity index (χ1) is 17.0. The second-order valence-electron chi connectivity index (χ2n) is 9.11. The van der Waals surface area contributed by atoms with Crippen LogP contribution in [-0.2, 0) is 23.7 Å². The number of aromatic hydroxyl groups is 2. The van der Waals surface area contributed by atoms with E-state index in [0.29, 0.717) is 0 Å². The number of phenols is 2. The summed E-state index contributed by atoms with van der Waals surface area (Å²) in [5.41, 5.74) is -0.351. The fraction of sp³-hybridized carbons (Fsp3) is 0.565. The van der Waals surface area contributed by atoms with Crippen molar-refractivity contribution in [2.24, 2.45) is 17.8 Å². The van der Waals surface area contributed by atoms with Gasteiger partial charge in [0.1, 0.15) is 36.1 Å². The van der Waals surface area contributed by atoms with E-state index in [4.69, 9.17) is 18.9 Å². The lowest BCUT2D eigenvalue weighted by Crippen LogP contribution is -2.60. The number of aliphatic carboxylic acids is 1. The summed E-state index contributed by atoms with van der Waals surface area (Å²) in [6.07, 6.45) is -8.68. The van der Waals surface area contributed by atoms with Gasteiger partial charge in [0.25, 0.3) is 0 Å². The van der Waals surface area contributed by atoms with Crippen LogP contribution in [-0.4, -0.2) is 97.4 Å². The third kappa shape index (κ3) is 4.61. The molecular formula is C23H28O13. The van der Waals surface area contributed by atoms with Crippen molar-refractivity contribution in [3.8, 4) is 11.5 Å². The molecule has 2 fully saturated rings. The quantitative estimate of drug-likeness (QED) is 0.181. The van der Waals surface area contributed by atoms with E-state index in [0.717, 1.165) is 6.26 Å². The topological polar surface area (TPSA) is 213 Å². The van der Waals surface area contributed by atoms with Gasteiger partial charge in [0.15, 0.2) is 17.8 Å². The zero-order chi connectivity index (χ0) is 26.3. The monoisotopic (exact) mass is 512 g/mol. The Morgan fingerprint density at radius 1 is 1.08 bits per heavy atom. The number of carbonyl (C=O) groups excluding carboxylic acids is 1. The molecule has 0 aromatic heterocycles. The normalized spacial score (nSPS) is 38.0. The molecule has 7 N–H and O–H groups in total. The standard InChI is InChI=1S/C23H28O13/c1-8-13(34-21(32)9-3-2-4-12(25)16(9)26)5-10-11(20(30)31)7-33-22(15(8)10)36-23-19(29)18(28)17(27)14(6-24)35-23/h2-4,7-8,10,13-15,17-19,22-29H,5-6H2,1H3,(H,30,31). The van der Waals surface area contributed by atoms with Crippen molar-refractivity contribution in [2.75, 3.05) is 6.61 Å². The molecule has 0 amide bonds. The van der Waals surface area contributed by atoms with E-state index in [-0.39, 0.29) is 17.6 Å². The molecule has 0 spiro atoms. The Bertz CT molecular complexity index is 1020. The van der Waals surface area contributed by atoms with Gasteiger partial charge in [-0.1, -0.05) is 13.0 Å². The third-order valence-electron chi connectivity index (χ3n) is 7.04. The van der Waals surface area contributed by atoms with Gasteiger partial charge < -0.3 is 54.7 Å². The molecule has 4 rings (SSSR count). The summed E-state index contributed by atoms with van der Waals surface area (Å²) in [5, 5.41) is 69.1. The number of hydrogen-bond acceptors (Lipinski definition) is 12. The maximum Gasteiger partial charge on any atom is 0.342 e. The SMILES string of the molecule is CC1C(OC(=O)c2cccc(O)c2O)CC2C(C(=O)O)=COC(OC3OC(CO)C(O)C(O)C3O)C21. The van der Waals surface area contributed by atoms with Crippen LogP contribution in [0, 0.1) is 17.8 Å². The Balaban J connectivity index is 1.55. The van der Waals surface area contributed by atoms with Crippen molar-refractivity contribution in [3.63, 3.8) is 0 Å². The zero-order valence-corrected chi connectivity index (χ0v) is 19.1. The van der Waals surface area contributed by atoms with Crippen molar-refractivity contribution in [1.82, 2.24) is 0 Å². The Morgan fingerprint density at radius 3 is 2.47 bits per heavy atom. The Hall–Kier alpha value is -2.94. The summed E-state index contributed by atoms with van der Waals surface area (Å²) in [4.78, 5) is 24.5. The molecule has 1 saturated heterocycles. The summed E-state index contributed by atoms with van der Waals surface area (Å²) < 4.78 is 22.2. The van der Waals surface area contributed by atoms with E-state index in [1.165, 1.54) is 18.2 Å². The molecule has 10 atom stereocenters. The predicted octanol–water partition coefficient (Wildman–Crippen LogP) is -0.963. The number of ether oxygens (including phenoxy) is 4. The number of rotatable bonds is 6. The molecule has 3 aliphatic rings. The van der Waals surface area contributed by atoms with Crippen LogP contribution in [0.5, 0.6) is 11.5 Å². The van der Waals surface area contributed by atoms with Gasteiger partial charge >= 0.3 is 11.9 Å². The van der Waals surface area contributed by atoms with E-state index < -0.39 is 90.9 Å². The smallest absolute Gasteiger partial charge is 0.342 e. The Labute approximate surface area is 204 Å². The Kier molecular flexibility index (Phi) is 7.41. The van der Waals surface area contributed by atoms with Gasteiger partial charge in [0.05, 0.1) is 18.4 Å². The molecule has 1 aromatic carbocycles. The molecule has 13 heteroatoms. The number of benzene rings is 1. The lowest BCUT2D eigenvalue weighted by Gasteiger charge is -2.43. The van der Waals surface area contributed by atoms with Gasteiger partial charge in [0.2, 0.25) is 6.29 Å². The molecule has 2 aliphatic heterocycles. The minimum Gasteiger partial charge on any atom is -0.504 e. The van der Waals surface area contributed by atoms with Gasteiger partial charge in [-0.05, 0) is 18.6 Å². The predicted molar refractivity (Wildman–Crippen MR) is 115 cm³/mol. The number of fused-ring (bicyclic) bond motifs is 1. The van der Waals surface area contributed by atoms with Gasteiger partial charge in [-0.25, -0.2) is 9.59 Å². The van der Waals surface area contributed by atoms with Crippen LogP contribution >= 0.6 is 0 Å². The zero-order valence-electron chi connectivity index (χ0n) is 19.1. The largest absolute Gasteiger partial charge is 0.504 e. The molecule has 2 heterocycles. The number of aliphatic hydroxyl groups is 4. The van der Waals surface area contributed by atoms with Gasteiger partial charge in [-0.2, -0.15) is 0 Å². The fourth-order valence-electron chi connectivity index (χ4n) is 5.02. The molecule has 1 saturated carbocycles. The number of carboxylic acid groups (broad SMARTS) is 1. The number of hydrogen-bond donors (Lipinski definition) is 7. The molecule has 10 unspecified atom stereocenters. The summed E-state index contributed by atoms with van der Waals surface area (Å²) in [6.45, 7) is 1.02. The highest BCUT2D eigenvalue weighted by molar-refractivity contribution is 5.93. The van der Waals surface area contributed by atoms with Crippen LogP contribution in [0.1, 0.15) is 23.7 Å². The van der Waals surface area contributed by atoms with Crippen molar-refractivity contribution in [1.29, 1.82) is 0 Å². The van der Waals surface area contributed by atoms with Crippen LogP contribution in [0.4, 0.5) is 0 Å². The van der Waals surface area contributed by atoms with Crippen molar-refractivity contribution < 1.29 is 64.3 Å². The number of carboxylic acids is 1. The highest BCUT2D eigenvalue weighted by atomic mass is 16.8. The van der Waals surface area contributed by atoms with Crippen molar-refractivity contribution >= 4 is 11.9 Å². The van der Waals surface area contributed by atoms with Crippen LogP contribution in [0.25, 0.3) is 0 Å². The second-order valence-corrected chi connectivity index (χ2v) is 9.11. The molecule has 0 bridgehead atoms. The van der Waals surface area contributed by atoms with Gasteiger partial charge in [0, 0.05) is 17.8 Å². The molecule has 0 radical (unpaired) electrons. The number of carbonyl (C=O) groups is 2. The van der Waals surface area contributed by atoms with E-state index in [1.54, 1.807) is 6.92 Å². The second kappa shape index (κ2) is 10.2. The van der Waals surface area contributed by atoms with Crippen LogP contribution < -0.4 is 0 Å². The number of aliphatic hydroxyl groups excluding tert-OH is 4. The van der Waals surface area contributed by atoms with Crippen molar-refractivity contribution in [3.05, 3.63) is 35.6 Å². The van der Waals surface area contributed by atoms with Gasteiger partial charge in [-0.15, -0.1) is 0 Å². The average molecular weight is 512 g/mol. The first kappa shape index (κ1) is 26.1. The summed E-state index contributed by atoms with van der Waals surface area (Å²) in [6, 6.07) is 3.81. The number of para-hydroxylation sites is 1. The lowest BCUT2D eigenvalue weighted by atomic mass is 9.83. The molecular weight excluding hydrogens is 484 g/mol. The number of phenolic OH excluding ortho intramolecular Hbond substituents is 2. The van der Waals surface area contributed by atoms with Crippen molar-refractivity contribution in [2.45, 2.75) is 56.4 Å². The molecule has 13 nitrogen and oxygen atoms in total. The van der Waals surface area contributed by atoms with Crippen LogP contribution in [0.3, 0.4) is 0 Å². The van der Waals surface area contributed by atoms with E-state index in [9.17, 15) is 45.3 Å². The summed E-state index contributed by atoms with van der Waals surface area (Å²) >= 11 is 0. The highest BCUT2D eigenvalue weighted by Gasteiger charge is 2.54. The average Bonchev–Trinajstić information content (AvgIpc) is 3.17. The van der Waals surface area contributed by atoms with Gasteiger partial charge in [-0.3, -0.25) is 0 Å². The highest BCUT2D eigenvalue weighted by Crippen LogP contribution is 2.49. The molecule has 198 valence electrons. The first-order valence-corrected chi connectivity index (χ1v) is 11.3.